The van der Waals surface area contributed by atoms with Crippen molar-refractivity contribution in [2.24, 2.45) is 11.8 Å². The Morgan fingerprint density at radius 2 is 2.15 bits per heavy atom. The van der Waals surface area contributed by atoms with Crippen LogP contribution in [-0.2, 0) is 9.53 Å². The van der Waals surface area contributed by atoms with Crippen LogP contribution in [0.5, 0.6) is 0 Å². The smallest absolute Gasteiger partial charge is 0.317 e. The third-order valence-electron chi connectivity index (χ3n) is 3.45. The molecule has 1 unspecified atom stereocenters. The minimum absolute atomic E-state index is 0.176. The second-order valence-corrected chi connectivity index (χ2v) is 5.45. The fraction of sp³-hybridized carbons (Fsp3) is 0.857. The van der Waals surface area contributed by atoms with Gasteiger partial charge in [0.25, 0.3) is 0 Å². The molecule has 116 valence electrons. The van der Waals surface area contributed by atoms with E-state index in [4.69, 9.17) is 9.84 Å². The summed E-state index contributed by atoms with van der Waals surface area (Å²) in [5.74, 6) is -0.648. The first-order valence-corrected chi connectivity index (χ1v) is 7.34. The zero-order valence-electron chi connectivity index (χ0n) is 12.4. The number of hydrogen-bond acceptors (Lipinski definition) is 3. The van der Waals surface area contributed by atoms with Gasteiger partial charge in [0.15, 0.2) is 0 Å². The number of carbonyl (C=O) groups is 2. The lowest BCUT2D eigenvalue weighted by molar-refractivity contribution is -0.141. The maximum absolute atomic E-state index is 11.8. The Kier molecular flexibility index (Phi) is 7.36. The van der Waals surface area contributed by atoms with Crippen LogP contribution < -0.4 is 5.32 Å². The molecule has 0 aromatic heterocycles. The largest absolute Gasteiger partial charge is 0.481 e. The van der Waals surface area contributed by atoms with Crippen molar-refractivity contribution in [1.29, 1.82) is 0 Å². The summed E-state index contributed by atoms with van der Waals surface area (Å²) in [4.78, 5) is 24.3. The molecule has 0 bridgehead atoms. The van der Waals surface area contributed by atoms with Gasteiger partial charge in [0.05, 0.1) is 12.5 Å². The summed E-state index contributed by atoms with van der Waals surface area (Å²) in [7, 11) is 1.69. The van der Waals surface area contributed by atoms with Crippen LogP contribution in [0.1, 0.15) is 32.6 Å². The van der Waals surface area contributed by atoms with Crippen molar-refractivity contribution in [3.05, 3.63) is 0 Å². The van der Waals surface area contributed by atoms with Gasteiger partial charge in [-0.25, -0.2) is 4.79 Å². The van der Waals surface area contributed by atoms with E-state index >= 15 is 0 Å². The Morgan fingerprint density at radius 3 is 2.70 bits per heavy atom. The number of carboxylic acid groups (broad SMARTS) is 1. The van der Waals surface area contributed by atoms with E-state index in [2.05, 4.69) is 5.32 Å². The van der Waals surface area contributed by atoms with Crippen molar-refractivity contribution >= 4 is 12.0 Å². The Labute approximate surface area is 120 Å². The molecule has 1 aliphatic carbocycles. The molecule has 2 amide bonds. The first-order valence-electron chi connectivity index (χ1n) is 7.34. The van der Waals surface area contributed by atoms with Gasteiger partial charge >= 0.3 is 12.0 Å². The highest BCUT2D eigenvalue weighted by atomic mass is 16.5. The van der Waals surface area contributed by atoms with Gasteiger partial charge in [0.1, 0.15) is 0 Å². The first kappa shape index (κ1) is 16.8. The molecule has 2 N–H and O–H groups in total. The maximum atomic E-state index is 11.8. The quantitative estimate of drug-likeness (QED) is 0.597. The number of nitrogens with zero attached hydrogens (tertiary/aromatic N) is 1. The summed E-state index contributed by atoms with van der Waals surface area (Å²) in [6.45, 7) is 3.94. The SMILES string of the molecule is CCCC(CNC(=O)N(C)CCOCC1CC1)C(=O)O. The number of rotatable bonds is 10. The van der Waals surface area contributed by atoms with Crippen LogP contribution in [0.3, 0.4) is 0 Å². The molecule has 0 heterocycles. The summed E-state index contributed by atoms with van der Waals surface area (Å²) in [6, 6.07) is -0.248. The number of ether oxygens (including phenoxy) is 1. The molecule has 0 radical (unpaired) electrons. The Bertz CT molecular complexity index is 318. The molecule has 1 rings (SSSR count). The lowest BCUT2D eigenvalue weighted by Gasteiger charge is -2.19. The number of urea groups is 1. The number of aliphatic carboxylic acids is 1. The number of likely N-dealkylation sites (N-methyl/N-ethyl adjacent to an activating group) is 1. The van der Waals surface area contributed by atoms with Gasteiger partial charge in [-0.3, -0.25) is 4.79 Å². The molecular formula is C14H26N2O4. The molecule has 1 saturated carbocycles. The number of amides is 2. The van der Waals surface area contributed by atoms with Crippen LogP contribution in [0.4, 0.5) is 4.79 Å². The minimum Gasteiger partial charge on any atom is -0.481 e. The highest BCUT2D eigenvalue weighted by molar-refractivity contribution is 5.75. The third kappa shape index (κ3) is 6.75. The van der Waals surface area contributed by atoms with Gasteiger partial charge in [-0.05, 0) is 25.2 Å². The van der Waals surface area contributed by atoms with Gasteiger partial charge in [-0.2, -0.15) is 0 Å². The second-order valence-electron chi connectivity index (χ2n) is 5.45. The van der Waals surface area contributed by atoms with Crippen molar-refractivity contribution in [2.45, 2.75) is 32.6 Å². The predicted molar refractivity (Wildman–Crippen MR) is 75.6 cm³/mol. The molecule has 6 nitrogen and oxygen atoms in total. The van der Waals surface area contributed by atoms with Gasteiger partial charge in [-0.15, -0.1) is 0 Å². The van der Waals surface area contributed by atoms with Crippen LogP contribution in [0, 0.1) is 11.8 Å². The van der Waals surface area contributed by atoms with E-state index < -0.39 is 11.9 Å². The standard InChI is InChI=1S/C14H26N2O4/c1-3-4-12(13(17)18)9-15-14(19)16(2)7-8-20-10-11-5-6-11/h11-12H,3-10H2,1-2H3,(H,15,19)(H,17,18). The average molecular weight is 286 g/mol. The maximum Gasteiger partial charge on any atom is 0.317 e. The number of carbonyl (C=O) groups excluding carboxylic acids is 1. The monoisotopic (exact) mass is 286 g/mol. The fourth-order valence-corrected chi connectivity index (χ4v) is 1.84. The fourth-order valence-electron chi connectivity index (χ4n) is 1.84. The van der Waals surface area contributed by atoms with Gasteiger partial charge in [-0.1, -0.05) is 13.3 Å². The van der Waals surface area contributed by atoms with Crippen LogP contribution in [-0.4, -0.2) is 55.4 Å². The zero-order valence-corrected chi connectivity index (χ0v) is 12.4. The third-order valence-corrected chi connectivity index (χ3v) is 3.45. The summed E-state index contributed by atoms with van der Waals surface area (Å²) in [5, 5.41) is 11.7. The molecule has 1 fully saturated rings. The van der Waals surface area contributed by atoms with E-state index in [-0.39, 0.29) is 12.6 Å². The number of nitrogens with one attached hydrogen (secondary N) is 1. The van der Waals surface area contributed by atoms with E-state index in [9.17, 15) is 9.59 Å². The topological polar surface area (TPSA) is 78.9 Å². The summed E-state index contributed by atoms with van der Waals surface area (Å²) in [5.41, 5.74) is 0. The lowest BCUT2D eigenvalue weighted by atomic mass is 10.0. The van der Waals surface area contributed by atoms with Crippen molar-refractivity contribution in [1.82, 2.24) is 10.2 Å². The van der Waals surface area contributed by atoms with Crippen molar-refractivity contribution in [2.75, 3.05) is 33.4 Å². The van der Waals surface area contributed by atoms with Crippen molar-refractivity contribution in [3.63, 3.8) is 0 Å². The van der Waals surface area contributed by atoms with Crippen molar-refractivity contribution in [3.8, 4) is 0 Å². The van der Waals surface area contributed by atoms with Gasteiger partial charge in [0, 0.05) is 26.7 Å². The van der Waals surface area contributed by atoms with Gasteiger partial charge in [0.2, 0.25) is 0 Å². The van der Waals surface area contributed by atoms with Crippen LogP contribution in [0.25, 0.3) is 0 Å². The molecule has 0 aromatic carbocycles. The van der Waals surface area contributed by atoms with E-state index in [1.807, 2.05) is 6.92 Å². The highest BCUT2D eigenvalue weighted by Crippen LogP contribution is 2.28. The predicted octanol–water partition coefficient (Wildman–Crippen LogP) is 1.56. The molecule has 1 atom stereocenters. The molecule has 0 aliphatic heterocycles. The average Bonchev–Trinajstić information content (AvgIpc) is 3.22. The zero-order chi connectivity index (χ0) is 15.0. The van der Waals surface area contributed by atoms with E-state index in [1.54, 1.807) is 7.05 Å². The van der Waals surface area contributed by atoms with E-state index in [1.165, 1.54) is 17.7 Å². The van der Waals surface area contributed by atoms with Crippen LogP contribution >= 0.6 is 0 Å². The molecule has 1 aliphatic rings. The van der Waals surface area contributed by atoms with Crippen LogP contribution in [0.15, 0.2) is 0 Å². The van der Waals surface area contributed by atoms with Crippen LogP contribution in [0.2, 0.25) is 0 Å². The summed E-state index contributed by atoms with van der Waals surface area (Å²) < 4.78 is 5.46. The summed E-state index contributed by atoms with van der Waals surface area (Å²) >= 11 is 0. The van der Waals surface area contributed by atoms with Gasteiger partial charge < -0.3 is 20.1 Å². The molecule has 0 saturated heterocycles. The first-order chi connectivity index (χ1) is 9.54. The minimum atomic E-state index is -0.859. The highest BCUT2D eigenvalue weighted by Gasteiger charge is 2.21. The molecule has 0 spiro atoms. The number of carboxylic acids is 1. The lowest BCUT2D eigenvalue weighted by Crippen LogP contribution is -2.42. The molecular weight excluding hydrogens is 260 g/mol. The molecule has 20 heavy (non-hydrogen) atoms. The molecule has 0 aromatic rings. The number of hydrogen-bond donors (Lipinski definition) is 2. The Morgan fingerprint density at radius 1 is 1.45 bits per heavy atom. The van der Waals surface area contributed by atoms with E-state index in [0.717, 1.165) is 18.9 Å². The second kappa shape index (κ2) is 8.79. The normalized spacial score (nSPS) is 15.7. The summed E-state index contributed by atoms with van der Waals surface area (Å²) in [6.07, 6.45) is 3.87. The van der Waals surface area contributed by atoms with E-state index in [0.29, 0.717) is 19.6 Å². The Hall–Kier alpha value is -1.30. The van der Waals surface area contributed by atoms with Crippen molar-refractivity contribution < 1.29 is 19.4 Å². The molecule has 6 heteroatoms. The Balaban J connectivity index is 2.13.